The number of nitrogens with one attached hydrogen (secondary N) is 1. The highest BCUT2D eigenvalue weighted by Gasteiger charge is 2.23. The number of halogens is 2. The third-order valence-electron chi connectivity index (χ3n) is 5.12. The number of carbonyl (C=O) groups excluding carboxylic acids is 1. The number of thioether (sulfide) groups is 1. The van der Waals surface area contributed by atoms with Crippen molar-refractivity contribution in [2.45, 2.75) is 13.0 Å². The van der Waals surface area contributed by atoms with Crippen LogP contribution in [0.3, 0.4) is 0 Å². The van der Waals surface area contributed by atoms with E-state index in [0.717, 1.165) is 29.6 Å². The Morgan fingerprint density at radius 3 is 2.73 bits per heavy atom. The first kappa shape index (κ1) is 21.7. The van der Waals surface area contributed by atoms with Crippen LogP contribution >= 0.6 is 35.0 Å². The molecule has 0 unspecified atom stereocenters. The molecule has 0 aliphatic carbocycles. The van der Waals surface area contributed by atoms with Crippen molar-refractivity contribution in [2.24, 2.45) is 4.99 Å². The van der Waals surface area contributed by atoms with Crippen molar-refractivity contribution in [2.75, 3.05) is 5.32 Å². The molecule has 2 aromatic carbocycles. The number of hydrogen-bond acceptors (Lipinski definition) is 5. The summed E-state index contributed by atoms with van der Waals surface area (Å²) in [6.45, 7) is 0.783. The molecular formula is C24H17Cl2N5OS. The van der Waals surface area contributed by atoms with Gasteiger partial charge in [0.15, 0.2) is 5.17 Å². The van der Waals surface area contributed by atoms with E-state index in [2.05, 4.69) is 30.9 Å². The topological polar surface area (TPSA) is 72.2 Å². The minimum atomic E-state index is -0.309. The van der Waals surface area contributed by atoms with Gasteiger partial charge in [0.05, 0.1) is 38.0 Å². The zero-order valence-electron chi connectivity index (χ0n) is 17.2. The number of aromatic nitrogens is 3. The highest BCUT2D eigenvalue weighted by molar-refractivity contribution is 8.18. The molecule has 0 bridgehead atoms. The predicted molar refractivity (Wildman–Crippen MR) is 136 cm³/mol. The maximum atomic E-state index is 12.5. The molecule has 33 heavy (non-hydrogen) atoms. The van der Waals surface area contributed by atoms with Crippen LogP contribution in [0.25, 0.3) is 17.1 Å². The van der Waals surface area contributed by atoms with Crippen molar-refractivity contribution in [1.82, 2.24) is 14.5 Å². The number of pyridine rings is 1. The van der Waals surface area contributed by atoms with Crippen molar-refractivity contribution >= 4 is 68.8 Å². The fraction of sp³-hybridized carbons (Fsp3) is 0.0833. The lowest BCUT2D eigenvalue weighted by molar-refractivity contribution is -0.113. The van der Waals surface area contributed by atoms with E-state index in [0.29, 0.717) is 25.8 Å². The summed E-state index contributed by atoms with van der Waals surface area (Å²) in [4.78, 5) is 25.8. The molecule has 0 saturated heterocycles. The maximum Gasteiger partial charge on any atom is 0.286 e. The number of carbonyl (C=O) groups is 1. The average molecular weight is 494 g/mol. The normalized spacial score (nSPS) is 14.8. The van der Waals surface area contributed by atoms with Gasteiger partial charge in [-0.05, 0) is 65.7 Å². The van der Waals surface area contributed by atoms with Gasteiger partial charge in [-0.2, -0.15) is 4.99 Å². The number of nitrogens with zero attached hydrogens (tertiary/aromatic N) is 4. The standard InChI is InChI=1S/C24H17Cl2N5OS/c25-17-4-1-5-18(26)22(17)29-24-30-23(32)21(33-24)12-16-6-7-19-20(11-16)31(14-28-19)10-8-15-3-2-9-27-13-15/h1-7,9,11-14H,8,10H2,(H,29,30,32)/b21-12-. The number of benzene rings is 2. The van der Waals surface area contributed by atoms with E-state index in [1.54, 1.807) is 24.4 Å². The fourth-order valence-corrected chi connectivity index (χ4v) is 4.79. The second-order valence-electron chi connectivity index (χ2n) is 7.35. The molecule has 164 valence electrons. The van der Waals surface area contributed by atoms with E-state index >= 15 is 0 Å². The van der Waals surface area contributed by atoms with Crippen LogP contribution in [0.2, 0.25) is 10.0 Å². The van der Waals surface area contributed by atoms with Crippen LogP contribution in [0.15, 0.2) is 77.1 Å². The number of aryl methyl sites for hydroxylation is 2. The summed E-state index contributed by atoms with van der Waals surface area (Å²) in [5.41, 5.74) is 4.50. The lowest BCUT2D eigenvalue weighted by atomic mass is 10.1. The quantitative estimate of drug-likeness (QED) is 0.342. The molecule has 6 nitrogen and oxygen atoms in total. The minimum absolute atomic E-state index is 0.309. The van der Waals surface area contributed by atoms with Crippen LogP contribution in [0.5, 0.6) is 0 Å². The summed E-state index contributed by atoms with van der Waals surface area (Å²) in [5, 5.41) is 4.41. The molecule has 0 spiro atoms. The molecule has 0 atom stereocenters. The first-order valence-electron chi connectivity index (χ1n) is 10.1. The van der Waals surface area contributed by atoms with E-state index in [-0.39, 0.29) is 5.91 Å². The summed E-state index contributed by atoms with van der Waals surface area (Å²) >= 11 is 13.7. The molecule has 3 heterocycles. The number of amidine groups is 1. The van der Waals surface area contributed by atoms with Gasteiger partial charge in [0.2, 0.25) is 0 Å². The van der Waals surface area contributed by atoms with Crippen molar-refractivity contribution in [3.63, 3.8) is 0 Å². The minimum Gasteiger partial charge on any atom is -0.332 e. The zero-order chi connectivity index (χ0) is 22.8. The van der Waals surface area contributed by atoms with Gasteiger partial charge in [-0.3, -0.25) is 9.78 Å². The van der Waals surface area contributed by atoms with E-state index in [1.165, 1.54) is 17.3 Å². The molecule has 1 aliphatic heterocycles. The Morgan fingerprint density at radius 1 is 1.09 bits per heavy atom. The number of amides is 1. The van der Waals surface area contributed by atoms with Gasteiger partial charge in [0.1, 0.15) is 0 Å². The van der Waals surface area contributed by atoms with Gasteiger partial charge in [-0.25, -0.2) is 4.98 Å². The summed E-state index contributed by atoms with van der Waals surface area (Å²) in [6, 6.07) is 15.1. The molecule has 4 aromatic rings. The number of imidazole rings is 1. The summed E-state index contributed by atoms with van der Waals surface area (Å²) in [7, 11) is 0. The van der Waals surface area contributed by atoms with Gasteiger partial charge in [-0.15, -0.1) is 0 Å². The summed E-state index contributed by atoms with van der Waals surface area (Å²) < 4.78 is 2.11. The van der Waals surface area contributed by atoms with Crippen LogP contribution in [0.4, 0.5) is 5.69 Å². The smallest absolute Gasteiger partial charge is 0.286 e. The molecule has 2 aromatic heterocycles. The SMILES string of the molecule is O=C1N=C(Nc2c(Cl)cccc2Cl)S/C1=C\c1ccc2ncn(CCc3cccnc3)c2c1. The van der Waals surface area contributed by atoms with E-state index < -0.39 is 0 Å². The summed E-state index contributed by atoms with van der Waals surface area (Å²) in [5.74, 6) is -0.309. The molecule has 1 aliphatic rings. The summed E-state index contributed by atoms with van der Waals surface area (Å²) in [6.07, 6.45) is 8.17. The van der Waals surface area contributed by atoms with Gasteiger partial charge in [0.25, 0.3) is 5.91 Å². The maximum absolute atomic E-state index is 12.5. The van der Waals surface area contributed by atoms with Crippen molar-refractivity contribution in [3.05, 3.63) is 93.3 Å². The Balaban J connectivity index is 1.34. The first-order chi connectivity index (χ1) is 16.1. The molecule has 0 fully saturated rings. The number of para-hydroxylation sites is 1. The van der Waals surface area contributed by atoms with Gasteiger partial charge < -0.3 is 9.88 Å². The highest BCUT2D eigenvalue weighted by atomic mass is 35.5. The molecule has 5 rings (SSSR count). The molecule has 1 amide bonds. The van der Waals surface area contributed by atoms with Crippen molar-refractivity contribution in [1.29, 1.82) is 0 Å². The highest BCUT2D eigenvalue weighted by Crippen LogP contribution is 2.34. The van der Waals surface area contributed by atoms with E-state index in [1.807, 2.05) is 42.9 Å². The monoisotopic (exact) mass is 493 g/mol. The lowest BCUT2D eigenvalue weighted by Gasteiger charge is -2.08. The lowest BCUT2D eigenvalue weighted by Crippen LogP contribution is -2.05. The van der Waals surface area contributed by atoms with Crippen LogP contribution in [-0.2, 0) is 17.8 Å². The fourth-order valence-electron chi connectivity index (χ4n) is 3.48. The first-order valence-corrected chi connectivity index (χ1v) is 11.7. The Morgan fingerprint density at radius 2 is 1.94 bits per heavy atom. The van der Waals surface area contributed by atoms with E-state index in [4.69, 9.17) is 23.2 Å². The number of fused-ring (bicyclic) bond motifs is 1. The molecule has 0 radical (unpaired) electrons. The van der Waals surface area contributed by atoms with Crippen LogP contribution in [0, 0.1) is 0 Å². The Bertz CT molecular complexity index is 1390. The molecular weight excluding hydrogens is 477 g/mol. The van der Waals surface area contributed by atoms with Crippen LogP contribution < -0.4 is 5.32 Å². The second-order valence-corrected chi connectivity index (χ2v) is 9.20. The number of aliphatic imine (C=N–C) groups is 1. The molecule has 9 heteroatoms. The zero-order valence-corrected chi connectivity index (χ0v) is 19.5. The van der Waals surface area contributed by atoms with Crippen LogP contribution in [-0.4, -0.2) is 25.6 Å². The average Bonchev–Trinajstić information content (AvgIpc) is 3.38. The Hall–Kier alpha value is -3.13. The third-order valence-corrected chi connectivity index (χ3v) is 6.65. The Labute approximate surface area is 204 Å². The van der Waals surface area contributed by atoms with Crippen molar-refractivity contribution in [3.8, 4) is 0 Å². The largest absolute Gasteiger partial charge is 0.332 e. The van der Waals surface area contributed by atoms with Gasteiger partial charge >= 0.3 is 0 Å². The number of hydrogen-bond donors (Lipinski definition) is 1. The van der Waals surface area contributed by atoms with Gasteiger partial charge in [-0.1, -0.05) is 41.4 Å². The predicted octanol–water partition coefficient (Wildman–Crippen LogP) is 6.06. The Kier molecular flexibility index (Phi) is 6.17. The van der Waals surface area contributed by atoms with Crippen LogP contribution in [0.1, 0.15) is 11.1 Å². The second kappa shape index (κ2) is 9.39. The van der Waals surface area contributed by atoms with E-state index in [9.17, 15) is 4.79 Å². The molecule has 1 N–H and O–H groups in total. The number of anilines is 1. The van der Waals surface area contributed by atoms with Crippen molar-refractivity contribution < 1.29 is 4.79 Å². The number of rotatable bonds is 5. The third kappa shape index (κ3) is 4.80. The molecule has 0 saturated carbocycles. The van der Waals surface area contributed by atoms with Gasteiger partial charge in [0, 0.05) is 18.9 Å².